The van der Waals surface area contributed by atoms with Crippen molar-refractivity contribution >= 4 is 28.8 Å². The van der Waals surface area contributed by atoms with E-state index in [1.807, 2.05) is 25.1 Å². The van der Waals surface area contributed by atoms with Gasteiger partial charge in [-0.2, -0.15) is 0 Å². The topological polar surface area (TPSA) is 67.9 Å². The Morgan fingerprint density at radius 3 is 2.09 bits per heavy atom. The molecular formula is C26H24N2O4. The number of nitrogens with zero attached hydrogens (tertiary/aromatic N) is 1. The maximum Gasteiger partial charge on any atom is 0.282 e. The normalized spacial score (nSPS) is 13.5. The standard InChI is InChI=1S/C26H24N2O4/c1-3-17-32-22-13-9-18(10-14-22)23-24(27-19-11-15-21(31-2)16-12-19)26(30)28(25(23)29)20-7-5-4-6-8-20/h4-16,27H,3,17H2,1-2H3. The molecule has 3 aromatic carbocycles. The third-order valence-electron chi connectivity index (χ3n) is 5.07. The summed E-state index contributed by atoms with van der Waals surface area (Å²) in [6, 6.07) is 23.3. The zero-order chi connectivity index (χ0) is 22.5. The molecule has 1 heterocycles. The number of hydrogen-bond acceptors (Lipinski definition) is 5. The fourth-order valence-electron chi connectivity index (χ4n) is 3.48. The zero-order valence-electron chi connectivity index (χ0n) is 18.0. The minimum Gasteiger partial charge on any atom is -0.497 e. The van der Waals surface area contributed by atoms with Crippen LogP contribution < -0.4 is 19.7 Å². The summed E-state index contributed by atoms with van der Waals surface area (Å²) >= 11 is 0. The first-order chi connectivity index (χ1) is 15.6. The van der Waals surface area contributed by atoms with Gasteiger partial charge in [-0.15, -0.1) is 0 Å². The molecule has 162 valence electrons. The van der Waals surface area contributed by atoms with E-state index in [1.54, 1.807) is 67.8 Å². The third-order valence-corrected chi connectivity index (χ3v) is 5.07. The summed E-state index contributed by atoms with van der Waals surface area (Å²) in [5.41, 5.74) is 2.39. The number of imide groups is 1. The van der Waals surface area contributed by atoms with Crippen LogP contribution in [0.2, 0.25) is 0 Å². The third kappa shape index (κ3) is 4.21. The molecule has 0 aliphatic carbocycles. The van der Waals surface area contributed by atoms with Crippen molar-refractivity contribution in [1.29, 1.82) is 0 Å². The van der Waals surface area contributed by atoms with Crippen molar-refractivity contribution in [3.63, 3.8) is 0 Å². The lowest BCUT2D eigenvalue weighted by molar-refractivity contribution is -0.120. The van der Waals surface area contributed by atoms with Crippen LogP contribution in [-0.4, -0.2) is 25.5 Å². The molecule has 1 aliphatic heterocycles. The van der Waals surface area contributed by atoms with Gasteiger partial charge in [0.05, 0.1) is 25.0 Å². The number of anilines is 2. The highest BCUT2D eigenvalue weighted by Crippen LogP contribution is 2.34. The van der Waals surface area contributed by atoms with Gasteiger partial charge in [-0.05, 0) is 60.5 Å². The van der Waals surface area contributed by atoms with E-state index >= 15 is 0 Å². The molecule has 0 aromatic heterocycles. The van der Waals surface area contributed by atoms with Crippen LogP contribution >= 0.6 is 0 Å². The van der Waals surface area contributed by atoms with Crippen LogP contribution in [0.3, 0.4) is 0 Å². The first-order valence-electron chi connectivity index (χ1n) is 10.4. The summed E-state index contributed by atoms with van der Waals surface area (Å²) < 4.78 is 10.9. The minimum atomic E-state index is -0.404. The molecule has 0 saturated carbocycles. The number of hydrogen-bond donors (Lipinski definition) is 1. The van der Waals surface area contributed by atoms with Crippen molar-refractivity contribution in [3.8, 4) is 11.5 Å². The molecule has 0 spiro atoms. The smallest absolute Gasteiger partial charge is 0.282 e. The summed E-state index contributed by atoms with van der Waals surface area (Å²) in [5, 5.41) is 3.15. The number of rotatable bonds is 8. The quantitative estimate of drug-likeness (QED) is 0.518. The van der Waals surface area contributed by atoms with Crippen LogP contribution in [0.15, 0.2) is 84.6 Å². The summed E-state index contributed by atoms with van der Waals surface area (Å²) in [4.78, 5) is 28.0. The number of carbonyl (C=O) groups is 2. The van der Waals surface area contributed by atoms with Crippen LogP contribution in [0.1, 0.15) is 18.9 Å². The number of benzene rings is 3. The Morgan fingerprint density at radius 1 is 0.812 bits per heavy atom. The molecule has 2 amide bonds. The van der Waals surface area contributed by atoms with Gasteiger partial charge in [0.25, 0.3) is 11.8 Å². The van der Waals surface area contributed by atoms with Crippen LogP contribution in [0.25, 0.3) is 5.57 Å². The highest BCUT2D eigenvalue weighted by molar-refractivity contribution is 6.46. The fraction of sp³-hybridized carbons (Fsp3) is 0.154. The maximum atomic E-state index is 13.4. The van der Waals surface area contributed by atoms with Crippen LogP contribution in [0, 0.1) is 0 Å². The number of para-hydroxylation sites is 1. The molecule has 32 heavy (non-hydrogen) atoms. The highest BCUT2D eigenvalue weighted by Gasteiger charge is 2.40. The molecule has 6 heteroatoms. The molecule has 3 aromatic rings. The Kier molecular flexibility index (Phi) is 6.22. The van der Waals surface area contributed by atoms with Crippen molar-refractivity contribution in [2.75, 3.05) is 23.9 Å². The molecule has 4 rings (SSSR count). The fourth-order valence-corrected chi connectivity index (χ4v) is 3.48. The molecule has 0 atom stereocenters. The minimum absolute atomic E-state index is 0.228. The molecule has 0 unspecified atom stereocenters. The first-order valence-corrected chi connectivity index (χ1v) is 10.4. The van der Waals surface area contributed by atoms with E-state index in [2.05, 4.69) is 5.32 Å². The molecule has 6 nitrogen and oxygen atoms in total. The molecule has 1 N–H and O–H groups in total. The second kappa shape index (κ2) is 9.39. The van der Waals surface area contributed by atoms with Crippen molar-refractivity contribution in [1.82, 2.24) is 0 Å². The SMILES string of the molecule is CCCOc1ccc(C2=C(Nc3ccc(OC)cc3)C(=O)N(c3ccccc3)C2=O)cc1. The Bertz CT molecular complexity index is 1140. The van der Waals surface area contributed by atoms with E-state index in [-0.39, 0.29) is 11.6 Å². The first kappa shape index (κ1) is 21.2. The largest absolute Gasteiger partial charge is 0.497 e. The summed E-state index contributed by atoms with van der Waals surface area (Å²) in [7, 11) is 1.59. The average Bonchev–Trinajstić information content (AvgIpc) is 3.08. The van der Waals surface area contributed by atoms with Gasteiger partial charge in [-0.25, -0.2) is 4.90 Å². The molecule has 0 bridgehead atoms. The second-order valence-corrected chi connectivity index (χ2v) is 7.26. The van der Waals surface area contributed by atoms with Crippen molar-refractivity contribution in [3.05, 3.63) is 90.1 Å². The number of carbonyl (C=O) groups excluding carboxylic acids is 2. The van der Waals surface area contributed by atoms with E-state index < -0.39 is 5.91 Å². The maximum absolute atomic E-state index is 13.4. The molecule has 0 fully saturated rings. The predicted octanol–water partition coefficient (Wildman–Crippen LogP) is 4.88. The van der Waals surface area contributed by atoms with Gasteiger partial charge in [0.2, 0.25) is 0 Å². The zero-order valence-corrected chi connectivity index (χ0v) is 18.0. The molecule has 0 saturated heterocycles. The van der Waals surface area contributed by atoms with Crippen molar-refractivity contribution in [2.24, 2.45) is 0 Å². The van der Waals surface area contributed by atoms with Gasteiger partial charge in [0.15, 0.2) is 0 Å². The van der Waals surface area contributed by atoms with E-state index in [9.17, 15) is 9.59 Å². The predicted molar refractivity (Wildman–Crippen MR) is 125 cm³/mol. The van der Waals surface area contributed by atoms with Crippen LogP contribution in [-0.2, 0) is 9.59 Å². The Morgan fingerprint density at radius 2 is 1.47 bits per heavy atom. The second-order valence-electron chi connectivity index (χ2n) is 7.26. The lowest BCUT2D eigenvalue weighted by Gasteiger charge is -2.15. The van der Waals surface area contributed by atoms with E-state index in [0.717, 1.165) is 12.2 Å². The highest BCUT2D eigenvalue weighted by atomic mass is 16.5. The van der Waals surface area contributed by atoms with Gasteiger partial charge < -0.3 is 14.8 Å². The number of nitrogens with one attached hydrogen (secondary N) is 1. The number of ether oxygens (including phenoxy) is 2. The lowest BCUT2D eigenvalue weighted by atomic mass is 10.0. The average molecular weight is 428 g/mol. The van der Waals surface area contributed by atoms with Gasteiger partial charge >= 0.3 is 0 Å². The van der Waals surface area contributed by atoms with Gasteiger partial charge in [-0.1, -0.05) is 37.3 Å². The summed E-state index contributed by atoms with van der Waals surface area (Å²) in [5.74, 6) is 0.641. The van der Waals surface area contributed by atoms with E-state index in [4.69, 9.17) is 9.47 Å². The lowest BCUT2D eigenvalue weighted by Crippen LogP contribution is -2.32. The Balaban J connectivity index is 1.73. The van der Waals surface area contributed by atoms with E-state index in [0.29, 0.717) is 34.9 Å². The van der Waals surface area contributed by atoms with Crippen molar-refractivity contribution < 1.29 is 19.1 Å². The summed E-state index contributed by atoms with van der Waals surface area (Å²) in [6.45, 7) is 2.66. The number of methoxy groups -OCH3 is 1. The van der Waals surface area contributed by atoms with Crippen LogP contribution in [0.5, 0.6) is 11.5 Å². The van der Waals surface area contributed by atoms with Crippen LogP contribution in [0.4, 0.5) is 11.4 Å². The molecule has 0 radical (unpaired) electrons. The van der Waals surface area contributed by atoms with Gasteiger partial charge in [0.1, 0.15) is 17.2 Å². The summed E-state index contributed by atoms with van der Waals surface area (Å²) in [6.07, 6.45) is 0.905. The molecular weight excluding hydrogens is 404 g/mol. The van der Waals surface area contributed by atoms with Crippen molar-refractivity contribution in [2.45, 2.75) is 13.3 Å². The monoisotopic (exact) mass is 428 g/mol. The van der Waals surface area contributed by atoms with Gasteiger partial charge in [0, 0.05) is 5.69 Å². The van der Waals surface area contributed by atoms with E-state index in [1.165, 1.54) is 4.90 Å². The molecule has 1 aliphatic rings. The number of amides is 2. The Labute approximate surface area is 187 Å². The Hall–Kier alpha value is -4.06. The van der Waals surface area contributed by atoms with Gasteiger partial charge in [-0.3, -0.25) is 9.59 Å².